The summed E-state index contributed by atoms with van der Waals surface area (Å²) < 4.78 is 4.98. The highest BCUT2D eigenvalue weighted by Gasteiger charge is 2.41. The smallest absolute Gasteiger partial charge is 0.307 e. The van der Waals surface area contributed by atoms with Crippen molar-refractivity contribution in [2.45, 2.75) is 32.6 Å². The van der Waals surface area contributed by atoms with E-state index in [4.69, 9.17) is 12.2 Å². The molecule has 1 aromatic carbocycles. The molecule has 8 heteroatoms. The van der Waals surface area contributed by atoms with Gasteiger partial charge in [0.1, 0.15) is 4.32 Å². The van der Waals surface area contributed by atoms with Crippen LogP contribution in [0.1, 0.15) is 38.2 Å². The molecule has 0 aromatic heterocycles. The number of rotatable bonds is 7. The maximum atomic E-state index is 13.2. The Labute approximate surface area is 173 Å². The Morgan fingerprint density at radius 1 is 1.11 bits per heavy atom. The number of ether oxygens (including phenoxy) is 1. The summed E-state index contributed by atoms with van der Waals surface area (Å²) in [6, 6.07) is 7.52. The van der Waals surface area contributed by atoms with Crippen LogP contribution in [0.5, 0.6) is 0 Å². The van der Waals surface area contributed by atoms with E-state index in [1.54, 1.807) is 4.90 Å². The molecule has 0 unspecified atom stereocenters. The average Bonchev–Trinajstić information content (AvgIpc) is 3.13. The van der Waals surface area contributed by atoms with Crippen LogP contribution in [0.4, 0.5) is 5.69 Å². The van der Waals surface area contributed by atoms with Gasteiger partial charge in [0.25, 0.3) is 11.8 Å². The molecule has 0 saturated carbocycles. The predicted molar refractivity (Wildman–Crippen MR) is 114 cm³/mol. The summed E-state index contributed by atoms with van der Waals surface area (Å²) in [6.45, 7) is 2.88. The van der Waals surface area contributed by atoms with Crippen LogP contribution in [0.2, 0.25) is 0 Å². The summed E-state index contributed by atoms with van der Waals surface area (Å²) >= 11 is 6.45. The topological polar surface area (TPSA) is 66.9 Å². The maximum Gasteiger partial charge on any atom is 0.307 e. The highest BCUT2D eigenvalue weighted by atomic mass is 32.2. The zero-order chi connectivity index (χ0) is 20.3. The second-order valence-electron chi connectivity index (χ2n) is 6.54. The van der Waals surface area contributed by atoms with E-state index in [0.29, 0.717) is 21.3 Å². The first-order valence-corrected chi connectivity index (χ1v) is 10.5. The van der Waals surface area contributed by atoms with Gasteiger partial charge in [-0.1, -0.05) is 61.9 Å². The Morgan fingerprint density at radius 2 is 1.86 bits per heavy atom. The molecule has 6 nitrogen and oxygen atoms in total. The van der Waals surface area contributed by atoms with E-state index in [0.717, 1.165) is 42.3 Å². The van der Waals surface area contributed by atoms with Crippen molar-refractivity contribution in [2.75, 3.05) is 25.1 Å². The zero-order valence-corrected chi connectivity index (χ0v) is 17.5. The van der Waals surface area contributed by atoms with Crippen molar-refractivity contribution >= 4 is 57.3 Å². The van der Waals surface area contributed by atoms with E-state index in [1.807, 2.05) is 24.3 Å². The first-order chi connectivity index (χ1) is 13.5. The maximum absolute atomic E-state index is 13.2. The molecular formula is C20H22N2O4S2. The molecule has 0 spiro atoms. The van der Waals surface area contributed by atoms with Gasteiger partial charge in [0.2, 0.25) is 0 Å². The number of methoxy groups -OCH3 is 1. The molecule has 3 rings (SSSR count). The Kier molecular flexibility index (Phi) is 6.51. The lowest BCUT2D eigenvalue weighted by Gasteiger charge is -2.16. The van der Waals surface area contributed by atoms with Crippen LogP contribution < -0.4 is 4.90 Å². The molecule has 0 atom stereocenters. The van der Waals surface area contributed by atoms with Gasteiger partial charge in [-0.25, -0.2) is 0 Å². The fourth-order valence-electron chi connectivity index (χ4n) is 3.29. The number of hydrogen-bond donors (Lipinski definition) is 0. The number of amides is 2. The molecule has 2 aliphatic heterocycles. The number of para-hydroxylation sites is 1. The number of carbonyl (C=O) groups excluding carboxylic acids is 3. The lowest BCUT2D eigenvalue weighted by atomic mass is 10.1. The van der Waals surface area contributed by atoms with Gasteiger partial charge in [0, 0.05) is 18.7 Å². The second-order valence-corrected chi connectivity index (χ2v) is 8.18. The molecule has 1 fully saturated rings. The third kappa shape index (κ3) is 3.84. The standard InChI is InChI=1S/C20H22N2O4S2/c1-3-4-7-11-21-14-9-6-5-8-13(14)16(18(21)24)17-19(25)22(20(27)28-17)12-10-15(23)26-2/h5-6,8-9H,3-4,7,10-12H2,1-2H3/b17-16-. The monoisotopic (exact) mass is 418 g/mol. The number of esters is 1. The third-order valence-corrected chi connectivity index (χ3v) is 6.20. The lowest BCUT2D eigenvalue weighted by Crippen LogP contribution is -2.31. The average molecular weight is 419 g/mol. The van der Waals surface area contributed by atoms with Crippen LogP contribution in [-0.4, -0.2) is 47.2 Å². The molecule has 1 aromatic rings. The number of hydrogen-bond acceptors (Lipinski definition) is 6. The number of benzene rings is 1. The van der Waals surface area contributed by atoms with Crippen LogP contribution in [0.15, 0.2) is 29.2 Å². The van der Waals surface area contributed by atoms with Crippen molar-refractivity contribution in [1.82, 2.24) is 4.90 Å². The second kappa shape index (κ2) is 8.87. The summed E-state index contributed by atoms with van der Waals surface area (Å²) in [4.78, 5) is 41.0. The third-order valence-electron chi connectivity index (χ3n) is 4.75. The first-order valence-electron chi connectivity index (χ1n) is 9.25. The molecule has 0 bridgehead atoms. The van der Waals surface area contributed by atoms with Crippen LogP contribution >= 0.6 is 24.0 Å². The van der Waals surface area contributed by atoms with Crippen molar-refractivity contribution in [2.24, 2.45) is 0 Å². The molecule has 2 aliphatic rings. The van der Waals surface area contributed by atoms with Gasteiger partial charge >= 0.3 is 5.97 Å². The van der Waals surface area contributed by atoms with Gasteiger partial charge in [-0.05, 0) is 12.5 Å². The van der Waals surface area contributed by atoms with E-state index in [9.17, 15) is 14.4 Å². The minimum atomic E-state index is -0.411. The van der Waals surface area contributed by atoms with Gasteiger partial charge < -0.3 is 9.64 Å². The summed E-state index contributed by atoms with van der Waals surface area (Å²) in [5.74, 6) is -0.899. The zero-order valence-electron chi connectivity index (χ0n) is 15.9. The summed E-state index contributed by atoms with van der Waals surface area (Å²) in [5, 5.41) is 0. The highest BCUT2D eigenvalue weighted by molar-refractivity contribution is 8.26. The molecule has 0 aliphatic carbocycles. The van der Waals surface area contributed by atoms with Crippen molar-refractivity contribution in [3.8, 4) is 0 Å². The first kappa shape index (κ1) is 20.5. The van der Waals surface area contributed by atoms with Crippen LogP contribution in [-0.2, 0) is 19.1 Å². The number of thiocarbonyl (C=S) groups is 1. The minimum Gasteiger partial charge on any atom is -0.469 e. The molecular weight excluding hydrogens is 396 g/mol. The number of fused-ring (bicyclic) bond motifs is 1. The van der Waals surface area contributed by atoms with Crippen molar-refractivity contribution in [3.05, 3.63) is 34.7 Å². The molecule has 1 saturated heterocycles. The quantitative estimate of drug-likeness (QED) is 0.293. The van der Waals surface area contributed by atoms with Gasteiger partial charge in [-0.3, -0.25) is 19.3 Å². The minimum absolute atomic E-state index is 0.0548. The van der Waals surface area contributed by atoms with Crippen LogP contribution in [0.25, 0.3) is 5.57 Å². The number of unbranched alkanes of at least 4 members (excludes halogenated alkanes) is 2. The fraction of sp³-hybridized carbons (Fsp3) is 0.400. The Balaban J connectivity index is 1.92. The number of thioether (sulfide) groups is 1. The summed E-state index contributed by atoms with van der Waals surface area (Å²) in [6.07, 6.45) is 3.06. The van der Waals surface area contributed by atoms with Crippen molar-refractivity contribution in [3.63, 3.8) is 0 Å². The van der Waals surface area contributed by atoms with E-state index in [-0.39, 0.29) is 24.8 Å². The molecule has 0 radical (unpaired) electrons. The fourth-order valence-corrected chi connectivity index (χ4v) is 4.67. The lowest BCUT2D eigenvalue weighted by molar-refractivity contribution is -0.141. The van der Waals surface area contributed by atoms with Gasteiger partial charge in [-0.2, -0.15) is 0 Å². The summed E-state index contributed by atoms with van der Waals surface area (Å²) in [5.41, 5.74) is 2.00. The normalized spacial score (nSPS) is 18.9. The van der Waals surface area contributed by atoms with Crippen molar-refractivity contribution in [1.29, 1.82) is 0 Å². The molecule has 28 heavy (non-hydrogen) atoms. The SMILES string of the molecule is CCCCCN1C(=O)/C(=C2\SC(=S)N(CCC(=O)OC)C2=O)c2ccccc21. The van der Waals surface area contributed by atoms with E-state index < -0.39 is 5.97 Å². The van der Waals surface area contributed by atoms with E-state index in [1.165, 1.54) is 12.0 Å². The largest absolute Gasteiger partial charge is 0.469 e. The van der Waals surface area contributed by atoms with Gasteiger partial charge in [0.05, 0.1) is 29.7 Å². The van der Waals surface area contributed by atoms with E-state index in [2.05, 4.69) is 11.7 Å². The Morgan fingerprint density at radius 3 is 2.57 bits per heavy atom. The number of anilines is 1. The number of carbonyl (C=O) groups is 3. The number of nitrogens with zero attached hydrogens (tertiary/aromatic N) is 2. The molecule has 2 heterocycles. The van der Waals surface area contributed by atoms with Crippen molar-refractivity contribution < 1.29 is 19.1 Å². The van der Waals surface area contributed by atoms with Crippen LogP contribution in [0, 0.1) is 0 Å². The highest BCUT2D eigenvalue weighted by Crippen LogP contribution is 2.44. The molecule has 0 N–H and O–H groups in total. The van der Waals surface area contributed by atoms with E-state index >= 15 is 0 Å². The van der Waals surface area contributed by atoms with Crippen LogP contribution in [0.3, 0.4) is 0 Å². The Bertz CT molecular complexity index is 866. The van der Waals surface area contributed by atoms with Gasteiger partial charge in [0.15, 0.2) is 0 Å². The predicted octanol–water partition coefficient (Wildman–Crippen LogP) is 3.36. The summed E-state index contributed by atoms with van der Waals surface area (Å²) in [7, 11) is 1.30. The van der Waals surface area contributed by atoms with Gasteiger partial charge in [-0.15, -0.1) is 0 Å². The molecule has 148 valence electrons. The molecule has 2 amide bonds. The Hall–Kier alpha value is -2.19.